The lowest BCUT2D eigenvalue weighted by Crippen LogP contribution is -2.54. The summed E-state index contributed by atoms with van der Waals surface area (Å²) < 4.78 is 0. The minimum Gasteiger partial charge on any atom is -0.339 e. The Bertz CT molecular complexity index is 615. The Morgan fingerprint density at radius 1 is 1.04 bits per heavy atom. The zero-order valence-electron chi connectivity index (χ0n) is 13.9. The fourth-order valence-electron chi connectivity index (χ4n) is 3.48. The summed E-state index contributed by atoms with van der Waals surface area (Å²) in [5, 5.41) is 0. The molecule has 1 aliphatic carbocycles. The highest BCUT2D eigenvalue weighted by Crippen LogP contribution is 2.28. The van der Waals surface area contributed by atoms with E-state index in [2.05, 4.69) is 0 Å². The van der Waals surface area contributed by atoms with Crippen molar-refractivity contribution in [1.29, 1.82) is 0 Å². The number of hydrogen-bond donors (Lipinski definition) is 1. The van der Waals surface area contributed by atoms with Gasteiger partial charge in [-0.25, -0.2) is 0 Å². The van der Waals surface area contributed by atoms with Crippen LogP contribution < -0.4 is 5.73 Å². The number of aryl methyl sites for hydroxylation is 2. The molecule has 3 rings (SSSR count). The second-order valence-corrected chi connectivity index (χ2v) is 6.86. The molecule has 1 aliphatic heterocycles. The molecule has 5 heteroatoms. The lowest BCUT2D eigenvalue weighted by Gasteiger charge is -2.40. The number of nitrogens with two attached hydrogens (primary N) is 1. The summed E-state index contributed by atoms with van der Waals surface area (Å²) in [6.07, 6.45) is 1.61. The van der Waals surface area contributed by atoms with Gasteiger partial charge in [0.1, 0.15) is 0 Å². The second-order valence-electron chi connectivity index (χ2n) is 6.86. The van der Waals surface area contributed by atoms with Crippen LogP contribution in [-0.2, 0) is 4.79 Å². The van der Waals surface area contributed by atoms with Crippen LogP contribution >= 0.6 is 0 Å². The molecular formula is C18H25N3O2. The van der Waals surface area contributed by atoms with Crippen molar-refractivity contribution in [2.75, 3.05) is 26.2 Å². The molecule has 2 aliphatic rings. The van der Waals surface area contributed by atoms with Crippen LogP contribution in [0, 0.1) is 19.8 Å². The van der Waals surface area contributed by atoms with Gasteiger partial charge < -0.3 is 15.5 Å². The van der Waals surface area contributed by atoms with E-state index in [4.69, 9.17) is 5.73 Å². The normalized spacial score (nSPS) is 24.3. The van der Waals surface area contributed by atoms with Gasteiger partial charge in [0.25, 0.3) is 5.91 Å². The Hall–Kier alpha value is -1.88. The first kappa shape index (κ1) is 16.0. The van der Waals surface area contributed by atoms with Gasteiger partial charge in [-0.05, 0) is 38.3 Å². The average molecular weight is 315 g/mol. The molecule has 2 amide bonds. The second kappa shape index (κ2) is 6.32. The molecule has 1 aromatic rings. The fourth-order valence-corrected chi connectivity index (χ4v) is 3.48. The van der Waals surface area contributed by atoms with Crippen LogP contribution in [-0.4, -0.2) is 53.8 Å². The molecule has 0 radical (unpaired) electrons. The molecule has 2 N–H and O–H groups in total. The van der Waals surface area contributed by atoms with Gasteiger partial charge in [-0.1, -0.05) is 17.7 Å². The van der Waals surface area contributed by atoms with E-state index in [0.717, 1.165) is 29.5 Å². The van der Waals surface area contributed by atoms with Gasteiger partial charge in [-0.3, -0.25) is 9.59 Å². The standard InChI is InChI=1S/C18H25N3O2/c1-12-3-4-16(13(2)9-12)18(23)21-7-5-20(6-8-21)17(22)14-10-15(19)11-14/h3-4,9,14-15H,5-8,10-11,19H2,1-2H3. The number of piperazine rings is 1. The maximum absolute atomic E-state index is 12.7. The van der Waals surface area contributed by atoms with Gasteiger partial charge in [0.2, 0.25) is 5.91 Å². The van der Waals surface area contributed by atoms with Crippen LogP contribution in [0.2, 0.25) is 0 Å². The molecule has 1 aromatic carbocycles. The van der Waals surface area contributed by atoms with E-state index in [1.807, 2.05) is 41.8 Å². The minimum absolute atomic E-state index is 0.0697. The SMILES string of the molecule is Cc1ccc(C(=O)N2CCN(C(=O)C3CC(N)C3)CC2)c(C)c1. The van der Waals surface area contributed by atoms with Gasteiger partial charge in [0.15, 0.2) is 0 Å². The Morgan fingerprint density at radius 3 is 2.22 bits per heavy atom. The Balaban J connectivity index is 1.58. The summed E-state index contributed by atoms with van der Waals surface area (Å²) in [7, 11) is 0. The highest BCUT2D eigenvalue weighted by molar-refractivity contribution is 5.96. The molecule has 23 heavy (non-hydrogen) atoms. The summed E-state index contributed by atoms with van der Waals surface area (Å²) in [6.45, 7) is 6.47. The monoisotopic (exact) mass is 315 g/mol. The molecule has 0 bridgehead atoms. The zero-order valence-corrected chi connectivity index (χ0v) is 13.9. The van der Waals surface area contributed by atoms with Crippen molar-refractivity contribution in [2.24, 2.45) is 11.7 Å². The third-order valence-electron chi connectivity index (χ3n) is 5.01. The predicted octanol–water partition coefficient (Wildman–Crippen LogP) is 1.33. The molecule has 124 valence electrons. The molecule has 2 fully saturated rings. The summed E-state index contributed by atoms with van der Waals surface area (Å²) in [4.78, 5) is 28.7. The van der Waals surface area contributed by atoms with Crippen LogP contribution in [0.3, 0.4) is 0 Å². The Kier molecular flexibility index (Phi) is 4.39. The predicted molar refractivity (Wildman–Crippen MR) is 89.1 cm³/mol. The van der Waals surface area contributed by atoms with Crippen LogP contribution in [0.1, 0.15) is 34.3 Å². The van der Waals surface area contributed by atoms with E-state index >= 15 is 0 Å². The fraction of sp³-hybridized carbons (Fsp3) is 0.556. The third-order valence-corrected chi connectivity index (χ3v) is 5.01. The molecule has 1 saturated carbocycles. The van der Waals surface area contributed by atoms with Crippen molar-refractivity contribution in [1.82, 2.24) is 9.80 Å². The molecule has 0 aromatic heterocycles. The summed E-state index contributed by atoms with van der Waals surface area (Å²) in [5.41, 5.74) is 8.70. The van der Waals surface area contributed by atoms with Crippen LogP contribution in [0.4, 0.5) is 0 Å². The zero-order chi connectivity index (χ0) is 16.6. The van der Waals surface area contributed by atoms with Crippen molar-refractivity contribution in [3.63, 3.8) is 0 Å². The largest absolute Gasteiger partial charge is 0.339 e. The maximum Gasteiger partial charge on any atom is 0.254 e. The minimum atomic E-state index is 0.0697. The molecular weight excluding hydrogens is 290 g/mol. The molecule has 0 spiro atoms. The lowest BCUT2D eigenvalue weighted by atomic mass is 9.80. The van der Waals surface area contributed by atoms with E-state index in [9.17, 15) is 9.59 Å². The number of carbonyl (C=O) groups excluding carboxylic acids is 2. The van der Waals surface area contributed by atoms with Gasteiger partial charge in [-0.15, -0.1) is 0 Å². The molecule has 1 saturated heterocycles. The quantitative estimate of drug-likeness (QED) is 0.895. The van der Waals surface area contributed by atoms with E-state index in [1.54, 1.807) is 0 Å². The summed E-state index contributed by atoms with van der Waals surface area (Å²) in [6, 6.07) is 6.10. The number of benzene rings is 1. The maximum atomic E-state index is 12.7. The van der Waals surface area contributed by atoms with E-state index < -0.39 is 0 Å². The van der Waals surface area contributed by atoms with Gasteiger partial charge in [0.05, 0.1) is 0 Å². The molecule has 0 unspecified atom stereocenters. The highest BCUT2D eigenvalue weighted by atomic mass is 16.2. The highest BCUT2D eigenvalue weighted by Gasteiger charge is 2.36. The van der Waals surface area contributed by atoms with Crippen LogP contribution in [0.25, 0.3) is 0 Å². The Labute approximate surface area is 137 Å². The number of rotatable bonds is 2. The lowest BCUT2D eigenvalue weighted by molar-refractivity contribution is -0.140. The van der Waals surface area contributed by atoms with Crippen molar-refractivity contribution in [3.8, 4) is 0 Å². The Morgan fingerprint density at radius 2 is 1.65 bits per heavy atom. The molecule has 5 nitrogen and oxygen atoms in total. The van der Waals surface area contributed by atoms with E-state index in [-0.39, 0.29) is 23.8 Å². The first-order valence-corrected chi connectivity index (χ1v) is 8.36. The van der Waals surface area contributed by atoms with Crippen molar-refractivity contribution in [2.45, 2.75) is 32.7 Å². The molecule has 0 atom stereocenters. The smallest absolute Gasteiger partial charge is 0.254 e. The third kappa shape index (κ3) is 3.24. The van der Waals surface area contributed by atoms with E-state index in [1.165, 1.54) is 0 Å². The van der Waals surface area contributed by atoms with Gasteiger partial charge in [-0.2, -0.15) is 0 Å². The van der Waals surface area contributed by atoms with E-state index in [0.29, 0.717) is 26.2 Å². The number of nitrogens with zero attached hydrogens (tertiary/aromatic N) is 2. The number of carbonyl (C=O) groups is 2. The topological polar surface area (TPSA) is 66.6 Å². The number of hydrogen-bond acceptors (Lipinski definition) is 3. The molecule has 1 heterocycles. The average Bonchev–Trinajstić information content (AvgIpc) is 2.51. The first-order chi connectivity index (χ1) is 11.0. The van der Waals surface area contributed by atoms with Crippen LogP contribution in [0.5, 0.6) is 0 Å². The van der Waals surface area contributed by atoms with Gasteiger partial charge >= 0.3 is 0 Å². The van der Waals surface area contributed by atoms with Crippen LogP contribution in [0.15, 0.2) is 18.2 Å². The van der Waals surface area contributed by atoms with Crippen molar-refractivity contribution >= 4 is 11.8 Å². The first-order valence-electron chi connectivity index (χ1n) is 8.36. The van der Waals surface area contributed by atoms with Crippen molar-refractivity contribution < 1.29 is 9.59 Å². The summed E-state index contributed by atoms with van der Waals surface area (Å²) >= 11 is 0. The van der Waals surface area contributed by atoms with Crippen molar-refractivity contribution in [3.05, 3.63) is 34.9 Å². The summed E-state index contributed by atoms with van der Waals surface area (Å²) in [5.74, 6) is 0.386. The number of amides is 2. The van der Waals surface area contributed by atoms with Gasteiger partial charge in [0, 0.05) is 43.7 Å².